The summed E-state index contributed by atoms with van der Waals surface area (Å²) in [6, 6.07) is 85.3. The van der Waals surface area contributed by atoms with Gasteiger partial charge in [0.25, 0.3) is 0 Å². The van der Waals surface area contributed by atoms with Crippen LogP contribution in [0.15, 0.2) is 252 Å². The first-order valence-corrected chi connectivity index (χ1v) is 29.2. The smallest absolute Gasteiger partial charge is 0.143 e. The third-order valence-electron chi connectivity index (χ3n) is 18.0. The molecule has 0 bridgehead atoms. The van der Waals surface area contributed by atoms with Gasteiger partial charge in [-0.3, -0.25) is 0 Å². The van der Waals surface area contributed by atoms with E-state index in [1.807, 2.05) is 12.5 Å². The first kappa shape index (κ1) is 48.4. The molecule has 6 heteroatoms. The SMILES string of the molecule is CC(C)(C)c1ccc(N(c2ccc3ccoc3c2-c2ccccc2)c2ccc3c4cc5c(cc4n4c6ccccc6c2c34)c2ccc(N(c3ccc(C(C)(C)C)cc3)c3ccc4ccoc4c3-c3ccccc3)c3c4ccccc4n5c23)cc1. The quantitative estimate of drug-likeness (QED) is 0.152. The van der Waals surface area contributed by atoms with E-state index in [-0.39, 0.29) is 10.8 Å². The van der Waals surface area contributed by atoms with E-state index in [0.717, 1.165) is 78.3 Å². The molecule has 0 atom stereocenters. The highest BCUT2D eigenvalue weighted by Gasteiger charge is 2.31. The lowest BCUT2D eigenvalue weighted by Crippen LogP contribution is -2.14. The topological polar surface area (TPSA) is 41.6 Å². The Labute approximate surface area is 485 Å². The average Bonchev–Trinajstić information content (AvgIpc) is 1.65. The molecular formula is C78H58N4O2. The fourth-order valence-corrected chi connectivity index (χ4v) is 14.1. The lowest BCUT2D eigenvalue weighted by molar-refractivity contribution is 0.590. The van der Waals surface area contributed by atoms with Crippen LogP contribution >= 0.6 is 0 Å². The van der Waals surface area contributed by atoms with Gasteiger partial charge in [0.05, 0.1) is 68.4 Å². The van der Waals surface area contributed by atoms with Gasteiger partial charge < -0.3 is 27.4 Å². The molecule has 6 heterocycles. The summed E-state index contributed by atoms with van der Waals surface area (Å²) in [4.78, 5) is 4.95. The van der Waals surface area contributed by atoms with Crippen LogP contribution in [0.25, 0.3) is 120 Å². The molecule has 0 N–H and O–H groups in total. The number of nitrogens with zero attached hydrogens (tertiary/aromatic N) is 4. The number of para-hydroxylation sites is 2. The molecule has 6 aromatic heterocycles. The van der Waals surface area contributed by atoms with E-state index in [1.165, 1.54) is 87.3 Å². The summed E-state index contributed by atoms with van der Waals surface area (Å²) in [7, 11) is 0. The fourth-order valence-electron chi connectivity index (χ4n) is 14.1. The zero-order valence-electron chi connectivity index (χ0n) is 47.7. The van der Waals surface area contributed by atoms with Crippen LogP contribution in [0.1, 0.15) is 52.7 Å². The van der Waals surface area contributed by atoms with Crippen LogP contribution in [0.4, 0.5) is 34.1 Å². The fraction of sp³-hybridized carbons (Fsp3) is 0.103. The Balaban J connectivity index is 0.937. The highest BCUT2D eigenvalue weighted by Crippen LogP contribution is 2.54. The third-order valence-corrected chi connectivity index (χ3v) is 18.0. The van der Waals surface area contributed by atoms with Gasteiger partial charge in [-0.15, -0.1) is 0 Å². The van der Waals surface area contributed by atoms with Crippen molar-refractivity contribution >= 4 is 132 Å². The Kier molecular flexibility index (Phi) is 10.1. The third kappa shape index (κ3) is 6.91. The molecule has 0 unspecified atom stereocenters. The van der Waals surface area contributed by atoms with Crippen molar-refractivity contribution in [2.45, 2.75) is 52.4 Å². The number of hydrogen-bond acceptors (Lipinski definition) is 4. The van der Waals surface area contributed by atoms with Crippen LogP contribution in [-0.2, 0) is 10.8 Å². The van der Waals surface area contributed by atoms with Gasteiger partial charge in [0.15, 0.2) is 0 Å². The van der Waals surface area contributed by atoms with E-state index in [4.69, 9.17) is 8.83 Å². The second kappa shape index (κ2) is 17.6. The molecule has 11 aromatic carbocycles. The molecule has 0 spiro atoms. The van der Waals surface area contributed by atoms with E-state index in [2.05, 4.69) is 291 Å². The van der Waals surface area contributed by atoms with Gasteiger partial charge in [-0.2, -0.15) is 0 Å². The first-order valence-electron chi connectivity index (χ1n) is 29.2. The zero-order valence-corrected chi connectivity index (χ0v) is 47.7. The molecule has 0 aliphatic carbocycles. The summed E-state index contributed by atoms with van der Waals surface area (Å²) in [5, 5.41) is 11.8. The molecule has 0 aliphatic heterocycles. The van der Waals surface area contributed by atoms with Crippen molar-refractivity contribution in [3.05, 3.63) is 254 Å². The van der Waals surface area contributed by atoms with Gasteiger partial charge >= 0.3 is 0 Å². The van der Waals surface area contributed by atoms with Gasteiger partial charge in [0.1, 0.15) is 11.2 Å². The lowest BCUT2D eigenvalue weighted by atomic mass is 9.87. The summed E-state index contributed by atoms with van der Waals surface area (Å²) in [6.07, 6.45) is 3.62. The number of fused-ring (bicyclic) bond motifs is 14. The molecule has 0 amide bonds. The van der Waals surface area contributed by atoms with Crippen molar-refractivity contribution in [2.24, 2.45) is 0 Å². The van der Waals surface area contributed by atoms with Crippen LogP contribution in [0.3, 0.4) is 0 Å². The molecule has 0 saturated carbocycles. The molecule has 0 aliphatic rings. The normalized spacial score (nSPS) is 12.6. The van der Waals surface area contributed by atoms with E-state index < -0.39 is 0 Å². The molecule has 6 nitrogen and oxygen atoms in total. The van der Waals surface area contributed by atoms with Crippen LogP contribution in [0, 0.1) is 0 Å². The summed E-state index contributed by atoms with van der Waals surface area (Å²) >= 11 is 0. The summed E-state index contributed by atoms with van der Waals surface area (Å²) in [6.45, 7) is 13.7. The maximum Gasteiger partial charge on any atom is 0.143 e. The Morgan fingerprint density at radius 3 is 1.11 bits per heavy atom. The Hall–Kier alpha value is -10.3. The van der Waals surface area contributed by atoms with E-state index in [0.29, 0.717) is 0 Å². The Morgan fingerprint density at radius 2 is 0.702 bits per heavy atom. The first-order chi connectivity index (χ1) is 41.0. The lowest BCUT2D eigenvalue weighted by Gasteiger charge is -2.29. The van der Waals surface area contributed by atoms with Gasteiger partial charge in [-0.1, -0.05) is 175 Å². The standard InChI is InChI=1S/C78H58N4O2/c1-77(2,3)51-27-31-53(32-28-51)79(63-37-25-49-41-43-83-75(49)69(63)47-17-9-7-10-18-47)65-39-35-55-59-45-68-60(46-67(59)81-61-23-15-13-21-57(61)71(65)73(55)81)56-36-40-66(72-58-22-14-16-24-62(58)82(68)74(56)72)80(54-33-29-52(30-34-54)78(4,5)6)64-38-26-50-42-44-84-76(50)70(64)48-19-11-8-12-20-48/h7-46H,1-6H3. The van der Waals surface area contributed by atoms with Crippen molar-refractivity contribution < 1.29 is 8.83 Å². The number of aromatic nitrogens is 2. The van der Waals surface area contributed by atoms with Crippen molar-refractivity contribution in [2.75, 3.05) is 9.80 Å². The number of furan rings is 2. The number of anilines is 6. The minimum atomic E-state index is -0.0117. The highest BCUT2D eigenvalue weighted by atomic mass is 16.3. The molecule has 17 aromatic rings. The summed E-state index contributed by atoms with van der Waals surface area (Å²) < 4.78 is 18.0. The largest absolute Gasteiger partial charge is 0.464 e. The molecule has 402 valence electrons. The van der Waals surface area contributed by atoms with Gasteiger partial charge in [-0.25, -0.2) is 0 Å². The maximum atomic E-state index is 6.43. The van der Waals surface area contributed by atoms with Crippen LogP contribution in [0.5, 0.6) is 0 Å². The molecule has 17 rings (SSSR count). The molecule has 0 fully saturated rings. The summed E-state index contributed by atoms with van der Waals surface area (Å²) in [5.41, 5.74) is 22.2. The van der Waals surface area contributed by atoms with Gasteiger partial charge in [0, 0.05) is 76.4 Å². The van der Waals surface area contributed by atoms with Crippen LogP contribution < -0.4 is 9.80 Å². The number of benzene rings is 11. The highest BCUT2D eigenvalue weighted by molar-refractivity contribution is 6.32. The Bertz CT molecular complexity index is 5090. The second-order valence-electron chi connectivity index (χ2n) is 24.9. The zero-order chi connectivity index (χ0) is 56.3. The van der Waals surface area contributed by atoms with E-state index >= 15 is 0 Å². The maximum absolute atomic E-state index is 6.43. The molecular weight excluding hydrogens is 1020 g/mol. The van der Waals surface area contributed by atoms with Crippen molar-refractivity contribution in [1.82, 2.24) is 8.80 Å². The van der Waals surface area contributed by atoms with Gasteiger partial charge in [0.2, 0.25) is 0 Å². The minimum Gasteiger partial charge on any atom is -0.464 e. The summed E-state index contributed by atoms with van der Waals surface area (Å²) in [5.74, 6) is 0. The monoisotopic (exact) mass is 1080 g/mol. The van der Waals surface area contributed by atoms with Gasteiger partial charge in [-0.05, 0) is 130 Å². The predicted octanol–water partition coefficient (Wildman–Crippen LogP) is 22.3. The van der Waals surface area contributed by atoms with E-state index in [9.17, 15) is 0 Å². The molecule has 0 saturated heterocycles. The van der Waals surface area contributed by atoms with Crippen molar-refractivity contribution in [3.8, 4) is 22.3 Å². The van der Waals surface area contributed by atoms with Crippen molar-refractivity contribution in [3.63, 3.8) is 0 Å². The predicted molar refractivity (Wildman–Crippen MR) is 353 cm³/mol. The second-order valence-corrected chi connectivity index (χ2v) is 24.9. The van der Waals surface area contributed by atoms with Crippen molar-refractivity contribution in [1.29, 1.82) is 0 Å². The average molecular weight is 1080 g/mol. The van der Waals surface area contributed by atoms with Crippen LogP contribution in [-0.4, -0.2) is 8.80 Å². The number of hydrogen-bond donors (Lipinski definition) is 0. The minimum absolute atomic E-state index is 0.0117. The molecule has 84 heavy (non-hydrogen) atoms. The molecule has 0 radical (unpaired) electrons. The number of rotatable bonds is 8. The van der Waals surface area contributed by atoms with E-state index in [1.54, 1.807) is 0 Å². The Morgan fingerprint density at radius 1 is 0.321 bits per heavy atom. The van der Waals surface area contributed by atoms with Crippen LogP contribution in [0.2, 0.25) is 0 Å².